The summed E-state index contributed by atoms with van der Waals surface area (Å²) in [6, 6.07) is 24.5. The highest BCUT2D eigenvalue weighted by Crippen LogP contribution is 2.29. The third-order valence-electron chi connectivity index (χ3n) is 5.63. The Bertz CT molecular complexity index is 926. The Kier molecular flexibility index (Phi) is 6.79. The lowest BCUT2D eigenvalue weighted by Crippen LogP contribution is -2.50. The monoisotopic (exact) mass is 417 g/mol. The number of rotatable bonds is 7. The quantitative estimate of drug-likeness (QED) is 0.640. The van der Waals surface area contributed by atoms with Crippen molar-refractivity contribution in [3.05, 3.63) is 95.9 Å². The van der Waals surface area contributed by atoms with E-state index in [1.807, 2.05) is 17.0 Å². The average molecular weight is 418 g/mol. The van der Waals surface area contributed by atoms with Gasteiger partial charge in [0.15, 0.2) is 5.76 Å². The van der Waals surface area contributed by atoms with Crippen molar-refractivity contribution >= 4 is 11.8 Å². The predicted molar refractivity (Wildman–Crippen MR) is 119 cm³/mol. The highest BCUT2D eigenvalue weighted by Gasteiger charge is 2.28. The molecule has 0 aliphatic carbocycles. The number of benzene rings is 2. The molecule has 0 saturated carbocycles. The average Bonchev–Trinajstić information content (AvgIpc) is 3.36. The standard InChI is InChI=1S/C25H27N3O3/c29-23(13-14-26-25(30)22-12-7-19-31-22)27-15-17-28(18-16-27)24(20-8-3-1-4-9-20)21-10-5-2-6-11-21/h1-12,19,24H,13-18H2,(H,26,30). The molecule has 6 nitrogen and oxygen atoms in total. The van der Waals surface area contributed by atoms with E-state index in [4.69, 9.17) is 4.42 Å². The first-order valence-electron chi connectivity index (χ1n) is 10.7. The van der Waals surface area contributed by atoms with E-state index < -0.39 is 0 Å². The second kappa shape index (κ2) is 10.1. The van der Waals surface area contributed by atoms with Crippen LogP contribution in [0.25, 0.3) is 0 Å². The first kappa shape index (κ1) is 20.9. The number of carbonyl (C=O) groups excluding carboxylic acids is 2. The fraction of sp³-hybridized carbons (Fsp3) is 0.280. The number of carbonyl (C=O) groups is 2. The van der Waals surface area contributed by atoms with Crippen molar-refractivity contribution in [2.24, 2.45) is 0 Å². The highest BCUT2D eigenvalue weighted by atomic mass is 16.3. The minimum Gasteiger partial charge on any atom is -0.459 e. The molecule has 1 fully saturated rings. The molecule has 0 atom stereocenters. The topological polar surface area (TPSA) is 65.8 Å². The third-order valence-corrected chi connectivity index (χ3v) is 5.63. The van der Waals surface area contributed by atoms with Crippen LogP contribution in [-0.4, -0.2) is 54.3 Å². The zero-order valence-electron chi connectivity index (χ0n) is 17.4. The van der Waals surface area contributed by atoms with Gasteiger partial charge in [-0.15, -0.1) is 0 Å². The van der Waals surface area contributed by atoms with E-state index in [1.54, 1.807) is 12.1 Å². The van der Waals surface area contributed by atoms with Gasteiger partial charge in [-0.25, -0.2) is 0 Å². The maximum absolute atomic E-state index is 12.6. The van der Waals surface area contributed by atoms with Gasteiger partial charge in [-0.2, -0.15) is 0 Å². The molecule has 1 aliphatic heterocycles. The van der Waals surface area contributed by atoms with Crippen LogP contribution in [0.1, 0.15) is 34.1 Å². The summed E-state index contributed by atoms with van der Waals surface area (Å²) < 4.78 is 5.06. The van der Waals surface area contributed by atoms with Gasteiger partial charge in [0.1, 0.15) is 0 Å². The van der Waals surface area contributed by atoms with E-state index in [2.05, 4.69) is 58.7 Å². The summed E-state index contributed by atoms with van der Waals surface area (Å²) in [5.41, 5.74) is 2.52. The molecule has 3 aromatic rings. The lowest BCUT2D eigenvalue weighted by Gasteiger charge is -2.39. The Morgan fingerprint density at radius 1 is 0.839 bits per heavy atom. The number of amides is 2. The van der Waals surface area contributed by atoms with Crippen LogP contribution in [0.5, 0.6) is 0 Å². The molecule has 31 heavy (non-hydrogen) atoms. The molecule has 2 heterocycles. The van der Waals surface area contributed by atoms with Crippen LogP contribution in [0, 0.1) is 0 Å². The zero-order valence-corrected chi connectivity index (χ0v) is 17.4. The van der Waals surface area contributed by atoms with Gasteiger partial charge in [-0.3, -0.25) is 14.5 Å². The molecule has 0 bridgehead atoms. The Morgan fingerprint density at radius 2 is 1.45 bits per heavy atom. The molecule has 0 spiro atoms. The first-order valence-corrected chi connectivity index (χ1v) is 10.7. The summed E-state index contributed by atoms with van der Waals surface area (Å²) in [4.78, 5) is 28.9. The predicted octanol–water partition coefficient (Wildman–Crippen LogP) is 3.33. The van der Waals surface area contributed by atoms with E-state index >= 15 is 0 Å². The van der Waals surface area contributed by atoms with Crippen LogP contribution in [-0.2, 0) is 4.79 Å². The van der Waals surface area contributed by atoms with Crippen molar-refractivity contribution in [3.8, 4) is 0 Å². The summed E-state index contributed by atoms with van der Waals surface area (Å²) in [6.45, 7) is 3.27. The Balaban J connectivity index is 1.32. The van der Waals surface area contributed by atoms with Gasteiger partial charge in [0.05, 0.1) is 12.3 Å². The van der Waals surface area contributed by atoms with Crippen LogP contribution in [0.3, 0.4) is 0 Å². The van der Waals surface area contributed by atoms with Crippen molar-refractivity contribution in [1.82, 2.24) is 15.1 Å². The first-order chi connectivity index (χ1) is 15.2. The van der Waals surface area contributed by atoms with E-state index in [1.165, 1.54) is 17.4 Å². The lowest BCUT2D eigenvalue weighted by atomic mass is 9.96. The van der Waals surface area contributed by atoms with Gasteiger partial charge in [0.2, 0.25) is 5.91 Å². The molecule has 2 aromatic carbocycles. The minimum atomic E-state index is -0.295. The molecular weight excluding hydrogens is 390 g/mol. The fourth-order valence-electron chi connectivity index (χ4n) is 4.05. The SMILES string of the molecule is O=C(NCCC(=O)N1CCN(C(c2ccccc2)c2ccccc2)CC1)c1ccco1. The Labute approximate surface area is 182 Å². The van der Waals surface area contributed by atoms with Crippen molar-refractivity contribution in [2.75, 3.05) is 32.7 Å². The van der Waals surface area contributed by atoms with E-state index in [0.29, 0.717) is 19.6 Å². The fourth-order valence-corrected chi connectivity index (χ4v) is 4.05. The maximum Gasteiger partial charge on any atom is 0.286 e. The normalized spacial score (nSPS) is 14.5. The second-order valence-corrected chi connectivity index (χ2v) is 7.62. The van der Waals surface area contributed by atoms with Crippen molar-refractivity contribution in [3.63, 3.8) is 0 Å². The summed E-state index contributed by atoms with van der Waals surface area (Å²) in [7, 11) is 0. The van der Waals surface area contributed by atoms with Gasteiger partial charge in [-0.05, 0) is 23.3 Å². The smallest absolute Gasteiger partial charge is 0.286 e. The molecule has 0 unspecified atom stereocenters. The minimum absolute atomic E-state index is 0.0652. The van der Waals surface area contributed by atoms with E-state index in [-0.39, 0.29) is 30.0 Å². The molecule has 2 amide bonds. The summed E-state index contributed by atoms with van der Waals surface area (Å²) in [5, 5.41) is 2.73. The molecular formula is C25H27N3O3. The summed E-state index contributed by atoms with van der Waals surface area (Å²) in [5.74, 6) is 0.0282. The Hall–Kier alpha value is -3.38. The van der Waals surface area contributed by atoms with Gasteiger partial charge < -0.3 is 14.6 Å². The molecule has 160 valence electrons. The van der Waals surface area contributed by atoms with E-state index in [0.717, 1.165) is 13.1 Å². The lowest BCUT2D eigenvalue weighted by molar-refractivity contribution is -0.133. The third kappa shape index (κ3) is 5.22. The number of furan rings is 1. The van der Waals surface area contributed by atoms with Crippen molar-refractivity contribution < 1.29 is 14.0 Å². The number of hydrogen-bond donors (Lipinski definition) is 1. The molecule has 0 radical (unpaired) electrons. The van der Waals surface area contributed by atoms with E-state index in [9.17, 15) is 9.59 Å². The second-order valence-electron chi connectivity index (χ2n) is 7.62. The van der Waals surface area contributed by atoms with Gasteiger partial charge in [-0.1, -0.05) is 60.7 Å². The van der Waals surface area contributed by atoms with Crippen molar-refractivity contribution in [1.29, 1.82) is 0 Å². The largest absolute Gasteiger partial charge is 0.459 e. The van der Waals surface area contributed by atoms with Crippen LogP contribution < -0.4 is 5.32 Å². The van der Waals surface area contributed by atoms with Crippen LogP contribution in [0.4, 0.5) is 0 Å². The number of piperazine rings is 1. The summed E-state index contributed by atoms with van der Waals surface area (Å²) in [6.07, 6.45) is 1.74. The molecule has 1 N–H and O–H groups in total. The van der Waals surface area contributed by atoms with Crippen LogP contribution in [0.2, 0.25) is 0 Å². The molecule has 4 rings (SSSR count). The number of nitrogens with zero attached hydrogens (tertiary/aromatic N) is 2. The molecule has 1 aromatic heterocycles. The van der Waals surface area contributed by atoms with Crippen LogP contribution >= 0.6 is 0 Å². The molecule has 1 aliphatic rings. The maximum atomic E-state index is 12.6. The summed E-state index contributed by atoms with van der Waals surface area (Å²) >= 11 is 0. The number of hydrogen-bond acceptors (Lipinski definition) is 4. The Morgan fingerprint density at radius 3 is 2.00 bits per heavy atom. The van der Waals surface area contributed by atoms with Gasteiger partial charge in [0, 0.05) is 39.1 Å². The molecule has 6 heteroatoms. The van der Waals surface area contributed by atoms with Crippen molar-refractivity contribution in [2.45, 2.75) is 12.5 Å². The highest BCUT2D eigenvalue weighted by molar-refractivity contribution is 5.91. The van der Waals surface area contributed by atoms with Gasteiger partial charge in [0.25, 0.3) is 5.91 Å². The zero-order chi connectivity index (χ0) is 21.5. The van der Waals surface area contributed by atoms with Crippen LogP contribution in [0.15, 0.2) is 83.5 Å². The number of nitrogens with one attached hydrogen (secondary N) is 1. The van der Waals surface area contributed by atoms with Gasteiger partial charge >= 0.3 is 0 Å². The molecule has 1 saturated heterocycles.